The Bertz CT molecular complexity index is 202. The minimum atomic E-state index is 0.0292. The number of carbonyl (C=O) groups is 1. The Morgan fingerprint density at radius 1 is 1.40 bits per heavy atom. The van der Waals surface area contributed by atoms with Crippen molar-refractivity contribution in [2.24, 2.45) is 11.7 Å². The van der Waals surface area contributed by atoms with Gasteiger partial charge in [-0.25, -0.2) is 4.79 Å². The van der Waals surface area contributed by atoms with Crippen molar-refractivity contribution in [3.8, 4) is 0 Å². The highest BCUT2D eigenvalue weighted by Crippen LogP contribution is 2.04. The molecule has 88 valence electrons. The molecule has 15 heavy (non-hydrogen) atoms. The van der Waals surface area contributed by atoms with Crippen molar-refractivity contribution in [2.75, 3.05) is 46.3 Å². The number of urea groups is 1. The maximum atomic E-state index is 11.3. The zero-order chi connectivity index (χ0) is 11.3. The van der Waals surface area contributed by atoms with Gasteiger partial charge in [0.05, 0.1) is 0 Å². The predicted molar refractivity (Wildman–Crippen MR) is 60.7 cm³/mol. The lowest BCUT2D eigenvalue weighted by Crippen LogP contribution is -2.52. The quantitative estimate of drug-likeness (QED) is 0.668. The molecule has 0 aliphatic carbocycles. The SMILES string of the molecule is CNC(=O)N1CCN(CC(C)CN)CC1. The Morgan fingerprint density at radius 3 is 2.47 bits per heavy atom. The average molecular weight is 214 g/mol. The van der Waals surface area contributed by atoms with E-state index in [1.54, 1.807) is 7.05 Å². The smallest absolute Gasteiger partial charge is 0.317 e. The van der Waals surface area contributed by atoms with E-state index >= 15 is 0 Å². The molecule has 1 rings (SSSR count). The topological polar surface area (TPSA) is 61.6 Å². The first-order valence-electron chi connectivity index (χ1n) is 5.56. The maximum absolute atomic E-state index is 11.3. The molecular formula is C10H22N4O. The molecule has 1 heterocycles. The van der Waals surface area contributed by atoms with Crippen LogP contribution in [0.4, 0.5) is 4.79 Å². The molecule has 0 spiro atoms. The molecule has 1 aliphatic heterocycles. The summed E-state index contributed by atoms with van der Waals surface area (Å²) in [6, 6.07) is 0.0292. The second-order valence-corrected chi connectivity index (χ2v) is 4.18. The van der Waals surface area contributed by atoms with Crippen molar-refractivity contribution in [1.82, 2.24) is 15.1 Å². The first-order valence-corrected chi connectivity index (χ1v) is 5.56. The number of nitrogens with two attached hydrogens (primary N) is 1. The fourth-order valence-electron chi connectivity index (χ4n) is 1.81. The van der Waals surface area contributed by atoms with Gasteiger partial charge in [-0.05, 0) is 12.5 Å². The molecule has 5 nitrogen and oxygen atoms in total. The van der Waals surface area contributed by atoms with Gasteiger partial charge < -0.3 is 16.0 Å². The Kier molecular flexibility index (Phi) is 4.84. The summed E-state index contributed by atoms with van der Waals surface area (Å²) < 4.78 is 0. The standard InChI is InChI=1S/C10H22N4O/c1-9(7-11)8-13-3-5-14(6-4-13)10(15)12-2/h9H,3-8,11H2,1-2H3,(H,12,15). The minimum absolute atomic E-state index is 0.0292. The number of carbonyl (C=O) groups excluding carboxylic acids is 1. The first-order chi connectivity index (χ1) is 7.17. The summed E-state index contributed by atoms with van der Waals surface area (Å²) in [6.07, 6.45) is 0. The van der Waals surface area contributed by atoms with Crippen LogP contribution in [0.1, 0.15) is 6.92 Å². The lowest BCUT2D eigenvalue weighted by molar-refractivity contribution is 0.131. The zero-order valence-electron chi connectivity index (χ0n) is 9.70. The third-order valence-electron chi connectivity index (χ3n) is 2.85. The molecule has 0 aromatic rings. The number of piperazine rings is 1. The van der Waals surface area contributed by atoms with E-state index in [0.29, 0.717) is 5.92 Å². The Hall–Kier alpha value is -0.810. The van der Waals surface area contributed by atoms with Crippen molar-refractivity contribution < 1.29 is 4.79 Å². The van der Waals surface area contributed by atoms with Gasteiger partial charge in [-0.1, -0.05) is 6.92 Å². The van der Waals surface area contributed by atoms with Crippen molar-refractivity contribution in [1.29, 1.82) is 0 Å². The monoisotopic (exact) mass is 214 g/mol. The summed E-state index contributed by atoms with van der Waals surface area (Å²) in [5.41, 5.74) is 5.59. The lowest BCUT2D eigenvalue weighted by atomic mass is 10.1. The van der Waals surface area contributed by atoms with E-state index < -0.39 is 0 Å². The number of hydrogen-bond acceptors (Lipinski definition) is 3. The number of nitrogens with zero attached hydrogens (tertiary/aromatic N) is 2. The van der Waals surface area contributed by atoms with Gasteiger partial charge in [0.1, 0.15) is 0 Å². The Labute approximate surface area is 91.6 Å². The third kappa shape index (κ3) is 3.68. The lowest BCUT2D eigenvalue weighted by Gasteiger charge is -2.35. The molecular weight excluding hydrogens is 192 g/mol. The molecule has 0 saturated carbocycles. The highest BCUT2D eigenvalue weighted by molar-refractivity contribution is 5.73. The molecule has 0 aromatic carbocycles. The van der Waals surface area contributed by atoms with Crippen LogP contribution >= 0.6 is 0 Å². The van der Waals surface area contributed by atoms with Gasteiger partial charge in [-0.2, -0.15) is 0 Å². The van der Waals surface area contributed by atoms with Gasteiger partial charge in [0.25, 0.3) is 0 Å². The van der Waals surface area contributed by atoms with E-state index in [1.165, 1.54) is 0 Å². The molecule has 1 atom stereocenters. The Morgan fingerprint density at radius 2 is 2.00 bits per heavy atom. The van der Waals surface area contributed by atoms with Crippen LogP contribution in [0, 0.1) is 5.92 Å². The summed E-state index contributed by atoms with van der Waals surface area (Å²) in [5, 5.41) is 2.65. The van der Waals surface area contributed by atoms with Crippen LogP contribution in [0.2, 0.25) is 0 Å². The fourth-order valence-corrected chi connectivity index (χ4v) is 1.81. The fraction of sp³-hybridized carbons (Fsp3) is 0.900. The Balaban J connectivity index is 2.26. The second-order valence-electron chi connectivity index (χ2n) is 4.18. The minimum Gasteiger partial charge on any atom is -0.341 e. The van der Waals surface area contributed by atoms with Gasteiger partial charge in [0.2, 0.25) is 0 Å². The van der Waals surface area contributed by atoms with Gasteiger partial charge in [0.15, 0.2) is 0 Å². The summed E-state index contributed by atoms with van der Waals surface area (Å²) >= 11 is 0. The second kappa shape index (κ2) is 5.92. The first kappa shape index (κ1) is 12.3. The maximum Gasteiger partial charge on any atom is 0.317 e. The van der Waals surface area contributed by atoms with Crippen molar-refractivity contribution in [3.05, 3.63) is 0 Å². The van der Waals surface area contributed by atoms with E-state index in [9.17, 15) is 4.79 Å². The molecule has 3 N–H and O–H groups in total. The summed E-state index contributed by atoms with van der Waals surface area (Å²) in [4.78, 5) is 15.6. The predicted octanol–water partition coefficient (Wildman–Crippen LogP) is -0.462. The highest BCUT2D eigenvalue weighted by atomic mass is 16.2. The van der Waals surface area contributed by atoms with Gasteiger partial charge in [-0.15, -0.1) is 0 Å². The van der Waals surface area contributed by atoms with Crippen LogP contribution in [-0.4, -0.2) is 62.1 Å². The van der Waals surface area contributed by atoms with Gasteiger partial charge in [-0.3, -0.25) is 4.90 Å². The van der Waals surface area contributed by atoms with E-state index in [2.05, 4.69) is 17.1 Å². The molecule has 1 aliphatic rings. The summed E-state index contributed by atoms with van der Waals surface area (Å²) in [5.74, 6) is 0.538. The molecule has 1 unspecified atom stereocenters. The highest BCUT2D eigenvalue weighted by Gasteiger charge is 2.20. The van der Waals surface area contributed by atoms with Crippen molar-refractivity contribution in [2.45, 2.75) is 6.92 Å². The zero-order valence-corrected chi connectivity index (χ0v) is 9.70. The van der Waals surface area contributed by atoms with Crippen molar-refractivity contribution in [3.63, 3.8) is 0 Å². The third-order valence-corrected chi connectivity index (χ3v) is 2.85. The molecule has 5 heteroatoms. The molecule has 1 saturated heterocycles. The van der Waals surface area contributed by atoms with Gasteiger partial charge in [0, 0.05) is 39.8 Å². The summed E-state index contributed by atoms with van der Waals surface area (Å²) in [7, 11) is 1.67. The summed E-state index contributed by atoms with van der Waals surface area (Å²) in [6.45, 7) is 7.47. The number of amides is 2. The molecule has 0 radical (unpaired) electrons. The number of nitrogens with one attached hydrogen (secondary N) is 1. The molecule has 1 fully saturated rings. The van der Waals surface area contributed by atoms with Crippen LogP contribution in [0.3, 0.4) is 0 Å². The van der Waals surface area contributed by atoms with E-state index in [1.807, 2.05) is 4.90 Å². The van der Waals surface area contributed by atoms with E-state index in [-0.39, 0.29) is 6.03 Å². The van der Waals surface area contributed by atoms with Crippen LogP contribution in [0.15, 0.2) is 0 Å². The van der Waals surface area contributed by atoms with E-state index in [0.717, 1.165) is 39.3 Å². The number of hydrogen-bond donors (Lipinski definition) is 2. The van der Waals surface area contributed by atoms with Crippen LogP contribution in [0.25, 0.3) is 0 Å². The largest absolute Gasteiger partial charge is 0.341 e. The number of rotatable bonds is 3. The van der Waals surface area contributed by atoms with Crippen molar-refractivity contribution >= 4 is 6.03 Å². The van der Waals surface area contributed by atoms with Crippen LogP contribution in [0.5, 0.6) is 0 Å². The molecule has 2 amide bonds. The van der Waals surface area contributed by atoms with Gasteiger partial charge >= 0.3 is 6.03 Å². The van der Waals surface area contributed by atoms with Crippen LogP contribution in [-0.2, 0) is 0 Å². The normalized spacial score (nSPS) is 20.1. The molecule has 0 aromatic heterocycles. The van der Waals surface area contributed by atoms with Crippen LogP contribution < -0.4 is 11.1 Å². The molecule has 0 bridgehead atoms. The average Bonchev–Trinajstić information content (AvgIpc) is 2.29. The van der Waals surface area contributed by atoms with E-state index in [4.69, 9.17) is 5.73 Å².